The lowest BCUT2D eigenvalue weighted by molar-refractivity contribution is 0.297. The SMILES string of the molecule is Fc1ccccc1COc1ccc2ccccc2c1CNc1cc(Cl)cc(Cl)c1. The van der Waals surface area contributed by atoms with Crippen molar-refractivity contribution in [3.8, 4) is 5.75 Å². The number of anilines is 1. The highest BCUT2D eigenvalue weighted by Gasteiger charge is 2.11. The lowest BCUT2D eigenvalue weighted by atomic mass is 10.0. The summed E-state index contributed by atoms with van der Waals surface area (Å²) >= 11 is 12.2. The first-order valence-corrected chi connectivity index (χ1v) is 9.92. The van der Waals surface area contributed by atoms with Crippen LogP contribution in [0.4, 0.5) is 10.1 Å². The zero-order valence-electron chi connectivity index (χ0n) is 15.5. The highest BCUT2D eigenvalue weighted by molar-refractivity contribution is 6.35. The molecule has 0 aliphatic heterocycles. The first-order valence-electron chi connectivity index (χ1n) is 9.17. The smallest absolute Gasteiger partial charge is 0.129 e. The van der Waals surface area contributed by atoms with Crippen LogP contribution in [-0.2, 0) is 13.2 Å². The average molecular weight is 426 g/mol. The van der Waals surface area contributed by atoms with Crippen molar-refractivity contribution in [3.63, 3.8) is 0 Å². The Balaban J connectivity index is 1.64. The fourth-order valence-electron chi connectivity index (χ4n) is 3.25. The molecular formula is C24H18Cl2FNO. The minimum Gasteiger partial charge on any atom is -0.488 e. The fraction of sp³-hybridized carbons (Fsp3) is 0.0833. The molecule has 5 heteroatoms. The molecule has 0 spiro atoms. The van der Waals surface area contributed by atoms with Crippen LogP contribution >= 0.6 is 23.2 Å². The van der Waals surface area contributed by atoms with Gasteiger partial charge >= 0.3 is 0 Å². The Morgan fingerprint density at radius 2 is 1.55 bits per heavy atom. The highest BCUT2D eigenvalue weighted by Crippen LogP contribution is 2.31. The second-order valence-corrected chi connectivity index (χ2v) is 7.53. The van der Waals surface area contributed by atoms with Crippen molar-refractivity contribution in [3.05, 3.63) is 106 Å². The summed E-state index contributed by atoms with van der Waals surface area (Å²) in [6.45, 7) is 0.658. The van der Waals surface area contributed by atoms with Gasteiger partial charge in [0, 0.05) is 33.4 Å². The van der Waals surface area contributed by atoms with Crippen LogP contribution in [0.3, 0.4) is 0 Å². The van der Waals surface area contributed by atoms with Gasteiger partial charge in [-0.15, -0.1) is 0 Å². The topological polar surface area (TPSA) is 21.3 Å². The molecule has 0 amide bonds. The molecule has 0 saturated heterocycles. The number of hydrogen-bond acceptors (Lipinski definition) is 2. The zero-order valence-corrected chi connectivity index (χ0v) is 17.0. The molecule has 146 valence electrons. The normalized spacial score (nSPS) is 10.9. The van der Waals surface area contributed by atoms with E-state index in [-0.39, 0.29) is 12.4 Å². The summed E-state index contributed by atoms with van der Waals surface area (Å²) in [5.41, 5.74) is 2.31. The maximum absolute atomic E-state index is 14.0. The van der Waals surface area contributed by atoms with E-state index in [9.17, 15) is 4.39 Å². The van der Waals surface area contributed by atoms with Crippen LogP contribution in [0.1, 0.15) is 11.1 Å². The van der Waals surface area contributed by atoms with Gasteiger partial charge in [-0.1, -0.05) is 71.7 Å². The molecule has 0 heterocycles. The van der Waals surface area contributed by atoms with E-state index >= 15 is 0 Å². The van der Waals surface area contributed by atoms with Gasteiger partial charge in [-0.2, -0.15) is 0 Å². The van der Waals surface area contributed by atoms with Gasteiger partial charge in [-0.25, -0.2) is 4.39 Å². The number of rotatable bonds is 6. The van der Waals surface area contributed by atoms with Gasteiger partial charge in [0.25, 0.3) is 0 Å². The second-order valence-electron chi connectivity index (χ2n) is 6.66. The van der Waals surface area contributed by atoms with Crippen LogP contribution < -0.4 is 10.1 Å². The molecule has 0 unspecified atom stereocenters. The molecular weight excluding hydrogens is 408 g/mol. The molecule has 2 nitrogen and oxygen atoms in total. The molecule has 29 heavy (non-hydrogen) atoms. The molecule has 0 aromatic heterocycles. The van der Waals surface area contributed by atoms with Crippen molar-refractivity contribution in [2.75, 3.05) is 5.32 Å². The van der Waals surface area contributed by atoms with Gasteiger partial charge in [-0.05, 0) is 41.1 Å². The minimum atomic E-state index is -0.276. The van der Waals surface area contributed by atoms with E-state index in [4.69, 9.17) is 27.9 Å². The van der Waals surface area contributed by atoms with Gasteiger partial charge in [0.2, 0.25) is 0 Å². The summed E-state index contributed by atoms with van der Waals surface area (Å²) in [7, 11) is 0. The van der Waals surface area contributed by atoms with Gasteiger partial charge in [0.05, 0.1) is 0 Å². The number of halogens is 3. The standard InChI is InChI=1S/C24H18Cl2FNO/c25-18-11-19(26)13-20(12-18)28-14-22-21-7-3-1-5-16(21)9-10-24(22)29-15-17-6-2-4-8-23(17)27/h1-13,28H,14-15H2. The number of ether oxygens (including phenoxy) is 1. The zero-order chi connectivity index (χ0) is 20.2. The summed E-state index contributed by atoms with van der Waals surface area (Å²) < 4.78 is 20.0. The maximum Gasteiger partial charge on any atom is 0.129 e. The first kappa shape index (κ1) is 19.6. The third-order valence-electron chi connectivity index (χ3n) is 4.67. The quantitative estimate of drug-likeness (QED) is 0.345. The van der Waals surface area contributed by atoms with Gasteiger partial charge in [0.1, 0.15) is 18.2 Å². The summed E-state index contributed by atoms with van der Waals surface area (Å²) in [5.74, 6) is 0.425. The predicted molar refractivity (Wildman–Crippen MR) is 118 cm³/mol. The third kappa shape index (κ3) is 4.64. The highest BCUT2D eigenvalue weighted by atomic mass is 35.5. The lowest BCUT2D eigenvalue weighted by Crippen LogP contribution is -2.05. The molecule has 0 aliphatic carbocycles. The molecule has 0 atom stereocenters. The van der Waals surface area contributed by atoms with E-state index in [0.29, 0.717) is 27.9 Å². The summed E-state index contributed by atoms with van der Waals surface area (Å²) in [6.07, 6.45) is 0. The fourth-order valence-corrected chi connectivity index (χ4v) is 3.78. The molecule has 0 saturated carbocycles. The Bertz CT molecular complexity index is 1140. The summed E-state index contributed by atoms with van der Waals surface area (Å²) in [6, 6.07) is 24.0. The number of benzene rings is 4. The van der Waals surface area contributed by atoms with Crippen molar-refractivity contribution >= 4 is 39.7 Å². The van der Waals surface area contributed by atoms with Crippen molar-refractivity contribution in [2.45, 2.75) is 13.2 Å². The Morgan fingerprint density at radius 3 is 2.34 bits per heavy atom. The van der Waals surface area contributed by atoms with Crippen molar-refractivity contribution < 1.29 is 9.13 Å². The monoisotopic (exact) mass is 425 g/mol. The van der Waals surface area contributed by atoms with Crippen LogP contribution in [0.5, 0.6) is 5.75 Å². The molecule has 4 aromatic rings. The number of fused-ring (bicyclic) bond motifs is 1. The number of nitrogens with one attached hydrogen (secondary N) is 1. The molecule has 4 aromatic carbocycles. The summed E-state index contributed by atoms with van der Waals surface area (Å²) in [5, 5.41) is 6.66. The largest absolute Gasteiger partial charge is 0.488 e. The van der Waals surface area contributed by atoms with E-state index < -0.39 is 0 Å². The van der Waals surface area contributed by atoms with Crippen molar-refractivity contribution in [1.29, 1.82) is 0 Å². The predicted octanol–water partition coefficient (Wildman–Crippen LogP) is 7.48. The molecule has 0 fully saturated rings. The lowest BCUT2D eigenvalue weighted by Gasteiger charge is -2.16. The maximum atomic E-state index is 14.0. The Labute approximate surface area is 178 Å². The molecule has 0 aliphatic rings. The van der Waals surface area contributed by atoms with E-state index in [1.54, 1.807) is 24.3 Å². The Morgan fingerprint density at radius 1 is 0.828 bits per heavy atom. The van der Waals surface area contributed by atoms with Crippen LogP contribution in [0.15, 0.2) is 78.9 Å². The first-order chi connectivity index (χ1) is 14.1. The Hall–Kier alpha value is -2.75. The summed E-state index contributed by atoms with van der Waals surface area (Å²) in [4.78, 5) is 0. The third-order valence-corrected chi connectivity index (χ3v) is 5.11. The van der Waals surface area contributed by atoms with Gasteiger partial charge in [0.15, 0.2) is 0 Å². The van der Waals surface area contributed by atoms with E-state index in [0.717, 1.165) is 22.0 Å². The number of hydrogen-bond donors (Lipinski definition) is 1. The molecule has 1 N–H and O–H groups in total. The van der Waals surface area contributed by atoms with E-state index in [1.807, 2.05) is 42.5 Å². The molecule has 4 rings (SSSR count). The average Bonchev–Trinajstić information content (AvgIpc) is 2.71. The second kappa shape index (κ2) is 8.73. The minimum absolute atomic E-state index is 0.154. The Kier molecular flexibility index (Phi) is 5.89. The molecule has 0 bridgehead atoms. The van der Waals surface area contributed by atoms with E-state index in [2.05, 4.69) is 11.4 Å². The van der Waals surface area contributed by atoms with Crippen LogP contribution in [0.25, 0.3) is 10.8 Å². The van der Waals surface area contributed by atoms with Crippen molar-refractivity contribution in [2.24, 2.45) is 0 Å². The van der Waals surface area contributed by atoms with Crippen LogP contribution in [0.2, 0.25) is 10.0 Å². The van der Waals surface area contributed by atoms with Crippen LogP contribution in [0, 0.1) is 5.82 Å². The van der Waals surface area contributed by atoms with Crippen LogP contribution in [-0.4, -0.2) is 0 Å². The van der Waals surface area contributed by atoms with Gasteiger partial charge in [-0.3, -0.25) is 0 Å². The van der Waals surface area contributed by atoms with E-state index in [1.165, 1.54) is 6.07 Å². The van der Waals surface area contributed by atoms with Crippen molar-refractivity contribution in [1.82, 2.24) is 0 Å². The molecule has 0 radical (unpaired) electrons. The van der Waals surface area contributed by atoms with Gasteiger partial charge < -0.3 is 10.1 Å².